The molecule has 5 heteroatoms. The molecule has 0 radical (unpaired) electrons. The van der Waals surface area contributed by atoms with Crippen molar-refractivity contribution in [2.75, 3.05) is 39.4 Å². The third-order valence-corrected chi connectivity index (χ3v) is 4.37. The zero-order chi connectivity index (χ0) is 17.7. The third kappa shape index (κ3) is 8.54. The lowest BCUT2D eigenvalue weighted by atomic mass is 10.0. The summed E-state index contributed by atoms with van der Waals surface area (Å²) in [6.45, 7) is 9.71. The number of aliphatic imine (C=N–C) groups is 1. The zero-order valence-corrected chi connectivity index (χ0v) is 18.6. The number of halogens is 1. The van der Waals surface area contributed by atoms with Crippen molar-refractivity contribution in [1.29, 1.82) is 0 Å². The van der Waals surface area contributed by atoms with Gasteiger partial charge in [0.2, 0.25) is 0 Å². The topological polar surface area (TPSA) is 36.9 Å². The molecule has 1 saturated heterocycles. The van der Waals surface area contributed by atoms with Crippen molar-refractivity contribution in [3.05, 3.63) is 41.5 Å². The molecule has 1 aromatic carbocycles. The van der Waals surface area contributed by atoms with Crippen LogP contribution in [0.2, 0.25) is 0 Å². The number of guanidine groups is 1. The number of ether oxygens (including phenoxy) is 1. The fourth-order valence-electron chi connectivity index (χ4n) is 3.01. The van der Waals surface area contributed by atoms with Crippen LogP contribution in [0.25, 0.3) is 6.08 Å². The van der Waals surface area contributed by atoms with Crippen molar-refractivity contribution in [1.82, 2.24) is 10.2 Å². The van der Waals surface area contributed by atoms with Gasteiger partial charge in [-0.05, 0) is 45.1 Å². The summed E-state index contributed by atoms with van der Waals surface area (Å²) in [6, 6.07) is 10.6. The summed E-state index contributed by atoms with van der Waals surface area (Å²) in [7, 11) is 0. The van der Waals surface area contributed by atoms with Crippen molar-refractivity contribution in [2.45, 2.75) is 39.5 Å². The van der Waals surface area contributed by atoms with Crippen molar-refractivity contribution in [3.8, 4) is 0 Å². The molecule has 1 aliphatic rings. The molecular weight excluding hydrogens is 437 g/mol. The predicted molar refractivity (Wildman–Crippen MR) is 122 cm³/mol. The quantitative estimate of drug-likeness (QED) is 0.261. The van der Waals surface area contributed by atoms with E-state index >= 15 is 0 Å². The molecule has 0 bridgehead atoms. The second-order valence-electron chi connectivity index (χ2n) is 6.34. The Morgan fingerprint density at radius 1 is 1.15 bits per heavy atom. The molecule has 4 nitrogen and oxygen atoms in total. The molecule has 0 aliphatic carbocycles. The molecule has 0 amide bonds. The van der Waals surface area contributed by atoms with E-state index in [1.807, 2.05) is 6.92 Å². The SMILES string of the molecule is CCNC(=NCCCCOCC)N1CCC(=Cc2ccccc2)CC1.I. The van der Waals surface area contributed by atoms with E-state index in [1.54, 1.807) is 0 Å². The average molecular weight is 471 g/mol. The van der Waals surface area contributed by atoms with Crippen LogP contribution in [0, 0.1) is 0 Å². The summed E-state index contributed by atoms with van der Waals surface area (Å²) < 4.78 is 5.38. The monoisotopic (exact) mass is 471 g/mol. The maximum Gasteiger partial charge on any atom is 0.193 e. The van der Waals surface area contributed by atoms with E-state index in [-0.39, 0.29) is 24.0 Å². The van der Waals surface area contributed by atoms with Crippen LogP contribution >= 0.6 is 24.0 Å². The maximum absolute atomic E-state index is 5.38. The van der Waals surface area contributed by atoms with E-state index < -0.39 is 0 Å². The number of unbranched alkanes of at least 4 members (excludes halogenated alkanes) is 1. The molecule has 0 unspecified atom stereocenters. The van der Waals surface area contributed by atoms with Crippen molar-refractivity contribution in [3.63, 3.8) is 0 Å². The van der Waals surface area contributed by atoms with Gasteiger partial charge < -0.3 is 15.0 Å². The Balaban J connectivity index is 0.00000338. The zero-order valence-electron chi connectivity index (χ0n) is 16.2. The number of nitrogens with one attached hydrogen (secondary N) is 1. The summed E-state index contributed by atoms with van der Waals surface area (Å²) in [5, 5.41) is 3.44. The van der Waals surface area contributed by atoms with E-state index in [0.29, 0.717) is 0 Å². The Hall–Kier alpha value is -1.08. The van der Waals surface area contributed by atoms with Crippen molar-refractivity contribution >= 4 is 36.0 Å². The van der Waals surface area contributed by atoms with Crippen LogP contribution in [-0.4, -0.2) is 50.3 Å². The van der Waals surface area contributed by atoms with Gasteiger partial charge in [0, 0.05) is 39.4 Å². The standard InChI is InChI=1S/C21H33N3O.HI/c1-3-22-21(23-14-8-9-17-25-4-2)24-15-12-20(13-16-24)18-19-10-6-5-7-11-19;/h5-7,10-11,18H,3-4,8-9,12-17H2,1-2H3,(H,22,23);1H. The van der Waals surface area contributed by atoms with Gasteiger partial charge in [0.25, 0.3) is 0 Å². The van der Waals surface area contributed by atoms with Crippen LogP contribution in [0.5, 0.6) is 0 Å². The number of piperidine rings is 1. The summed E-state index contributed by atoms with van der Waals surface area (Å²) >= 11 is 0. The summed E-state index contributed by atoms with van der Waals surface area (Å²) in [4.78, 5) is 7.20. The van der Waals surface area contributed by atoms with Gasteiger partial charge in [0.1, 0.15) is 0 Å². The number of likely N-dealkylation sites (tertiary alicyclic amines) is 1. The first-order chi connectivity index (χ1) is 12.3. The van der Waals surface area contributed by atoms with Gasteiger partial charge >= 0.3 is 0 Å². The fourth-order valence-corrected chi connectivity index (χ4v) is 3.01. The van der Waals surface area contributed by atoms with Crippen LogP contribution in [-0.2, 0) is 4.74 Å². The average Bonchev–Trinajstić information content (AvgIpc) is 2.65. The number of benzene rings is 1. The van der Waals surface area contributed by atoms with E-state index in [1.165, 1.54) is 11.1 Å². The summed E-state index contributed by atoms with van der Waals surface area (Å²) in [5.74, 6) is 1.07. The fraction of sp³-hybridized carbons (Fsp3) is 0.571. The van der Waals surface area contributed by atoms with Crippen LogP contribution < -0.4 is 5.32 Å². The molecular formula is C21H34IN3O. The first-order valence-electron chi connectivity index (χ1n) is 9.69. The number of nitrogens with zero attached hydrogens (tertiary/aromatic N) is 2. The van der Waals surface area contributed by atoms with Gasteiger partial charge in [-0.25, -0.2) is 0 Å². The number of hydrogen-bond acceptors (Lipinski definition) is 2. The Morgan fingerprint density at radius 3 is 2.54 bits per heavy atom. The molecule has 2 rings (SSSR count). The Labute approximate surface area is 176 Å². The van der Waals surface area contributed by atoms with Gasteiger partial charge in [-0.15, -0.1) is 24.0 Å². The molecule has 1 N–H and O–H groups in total. The smallest absolute Gasteiger partial charge is 0.193 e. The Kier molecular flexibility index (Phi) is 12.4. The third-order valence-electron chi connectivity index (χ3n) is 4.37. The largest absolute Gasteiger partial charge is 0.382 e. The molecule has 1 heterocycles. The number of hydrogen-bond donors (Lipinski definition) is 1. The lowest BCUT2D eigenvalue weighted by Crippen LogP contribution is -2.44. The van der Waals surface area contributed by atoms with Crippen molar-refractivity contribution in [2.24, 2.45) is 4.99 Å². The minimum Gasteiger partial charge on any atom is -0.382 e. The lowest BCUT2D eigenvalue weighted by Gasteiger charge is -2.31. The molecule has 0 saturated carbocycles. The van der Waals surface area contributed by atoms with E-state index in [9.17, 15) is 0 Å². The van der Waals surface area contributed by atoms with E-state index in [0.717, 1.165) is 71.0 Å². The second kappa shape index (κ2) is 14.0. The van der Waals surface area contributed by atoms with Crippen LogP contribution in [0.15, 0.2) is 40.9 Å². The van der Waals surface area contributed by atoms with E-state index in [4.69, 9.17) is 9.73 Å². The highest BCUT2D eigenvalue weighted by Crippen LogP contribution is 2.19. The highest BCUT2D eigenvalue weighted by atomic mass is 127. The van der Waals surface area contributed by atoms with Crippen molar-refractivity contribution < 1.29 is 4.74 Å². The molecule has 0 spiro atoms. The van der Waals surface area contributed by atoms with E-state index in [2.05, 4.69) is 53.5 Å². The molecule has 0 atom stereocenters. The van der Waals surface area contributed by atoms with Crippen LogP contribution in [0.3, 0.4) is 0 Å². The molecule has 1 aromatic rings. The Bertz CT molecular complexity index is 535. The van der Waals surface area contributed by atoms with Gasteiger partial charge in [-0.2, -0.15) is 0 Å². The minimum atomic E-state index is 0. The van der Waals surface area contributed by atoms with Gasteiger partial charge in [-0.3, -0.25) is 4.99 Å². The lowest BCUT2D eigenvalue weighted by molar-refractivity contribution is 0.144. The first-order valence-corrected chi connectivity index (χ1v) is 9.69. The molecule has 1 fully saturated rings. The summed E-state index contributed by atoms with van der Waals surface area (Å²) in [6.07, 6.45) is 6.74. The number of rotatable bonds is 8. The first kappa shape index (κ1) is 23.0. The second-order valence-corrected chi connectivity index (χ2v) is 6.34. The molecule has 146 valence electrons. The normalized spacial score (nSPS) is 14.8. The molecule has 26 heavy (non-hydrogen) atoms. The molecule has 0 aromatic heterocycles. The minimum absolute atomic E-state index is 0. The predicted octanol–water partition coefficient (Wildman–Crippen LogP) is 4.57. The highest BCUT2D eigenvalue weighted by Gasteiger charge is 2.16. The van der Waals surface area contributed by atoms with Crippen LogP contribution in [0.4, 0.5) is 0 Å². The van der Waals surface area contributed by atoms with Gasteiger partial charge in [0.05, 0.1) is 0 Å². The van der Waals surface area contributed by atoms with Gasteiger partial charge in [0.15, 0.2) is 5.96 Å². The summed E-state index contributed by atoms with van der Waals surface area (Å²) in [5.41, 5.74) is 2.84. The maximum atomic E-state index is 5.38. The van der Waals surface area contributed by atoms with Crippen LogP contribution in [0.1, 0.15) is 45.1 Å². The molecule has 1 aliphatic heterocycles. The highest BCUT2D eigenvalue weighted by molar-refractivity contribution is 14.0. The van der Waals surface area contributed by atoms with Gasteiger partial charge in [-0.1, -0.05) is 42.0 Å². The Morgan fingerprint density at radius 2 is 1.88 bits per heavy atom.